The normalized spacial score (nSPS) is 22.8. The molecule has 2 aromatic rings. The number of aromatic nitrogens is 2. The third kappa shape index (κ3) is 2.98. The maximum Gasteiger partial charge on any atom is 0.151 e. The molecule has 0 spiro atoms. The van der Waals surface area contributed by atoms with Gasteiger partial charge in [-0.25, -0.2) is 4.39 Å². The number of aryl methyl sites for hydroxylation is 1. The number of anilines is 1. The number of nitrogens with zero attached hydrogens (tertiary/aromatic N) is 3. The SMILES string of the molecule is Fc1cc2c(cc1Cl)C(NCC1CCCN1c1cccnn1)CC2. The van der Waals surface area contributed by atoms with Crippen LogP contribution in [0.2, 0.25) is 5.02 Å². The van der Waals surface area contributed by atoms with Gasteiger partial charge < -0.3 is 10.2 Å². The third-order valence-electron chi connectivity index (χ3n) is 5.09. The smallest absolute Gasteiger partial charge is 0.151 e. The summed E-state index contributed by atoms with van der Waals surface area (Å²) in [7, 11) is 0. The van der Waals surface area contributed by atoms with Crippen LogP contribution in [0.15, 0.2) is 30.5 Å². The Morgan fingerprint density at radius 2 is 2.25 bits per heavy atom. The van der Waals surface area contributed by atoms with Crippen LogP contribution in [0, 0.1) is 5.82 Å². The van der Waals surface area contributed by atoms with Crippen LogP contribution in [-0.4, -0.2) is 29.3 Å². The molecular formula is C18H20ClFN4. The quantitative estimate of drug-likeness (QED) is 0.919. The van der Waals surface area contributed by atoms with Gasteiger partial charge in [0.2, 0.25) is 0 Å². The van der Waals surface area contributed by atoms with Crippen molar-refractivity contribution in [1.29, 1.82) is 0 Å². The van der Waals surface area contributed by atoms with E-state index in [4.69, 9.17) is 11.6 Å². The zero-order chi connectivity index (χ0) is 16.5. The number of hydrogen-bond donors (Lipinski definition) is 1. The van der Waals surface area contributed by atoms with E-state index in [1.54, 1.807) is 18.3 Å². The highest BCUT2D eigenvalue weighted by Gasteiger charge is 2.29. The first kappa shape index (κ1) is 15.8. The number of fused-ring (bicyclic) bond motifs is 1. The van der Waals surface area contributed by atoms with Crippen molar-refractivity contribution in [2.45, 2.75) is 37.8 Å². The van der Waals surface area contributed by atoms with Crippen molar-refractivity contribution in [3.05, 3.63) is 52.4 Å². The Kier molecular flexibility index (Phi) is 4.37. The monoisotopic (exact) mass is 346 g/mol. The summed E-state index contributed by atoms with van der Waals surface area (Å²) in [6, 6.07) is 7.98. The topological polar surface area (TPSA) is 41.0 Å². The Balaban J connectivity index is 1.44. The van der Waals surface area contributed by atoms with E-state index in [-0.39, 0.29) is 16.9 Å². The summed E-state index contributed by atoms with van der Waals surface area (Å²) >= 11 is 5.96. The van der Waals surface area contributed by atoms with Crippen molar-refractivity contribution in [1.82, 2.24) is 15.5 Å². The molecule has 2 heterocycles. The Morgan fingerprint density at radius 1 is 1.33 bits per heavy atom. The van der Waals surface area contributed by atoms with Crippen LogP contribution in [0.4, 0.5) is 10.2 Å². The molecule has 4 nitrogen and oxygen atoms in total. The minimum absolute atomic E-state index is 0.213. The molecule has 1 N–H and O–H groups in total. The maximum atomic E-state index is 13.6. The Morgan fingerprint density at radius 3 is 3.08 bits per heavy atom. The number of hydrogen-bond acceptors (Lipinski definition) is 4. The summed E-state index contributed by atoms with van der Waals surface area (Å²) in [5.41, 5.74) is 2.22. The summed E-state index contributed by atoms with van der Waals surface area (Å²) in [6.45, 7) is 1.90. The van der Waals surface area contributed by atoms with Gasteiger partial charge in [-0.15, -0.1) is 5.10 Å². The van der Waals surface area contributed by atoms with Gasteiger partial charge in [-0.2, -0.15) is 5.10 Å². The second-order valence-electron chi connectivity index (χ2n) is 6.54. The van der Waals surface area contributed by atoms with Crippen molar-refractivity contribution >= 4 is 17.4 Å². The van der Waals surface area contributed by atoms with Gasteiger partial charge in [0, 0.05) is 31.4 Å². The maximum absolute atomic E-state index is 13.6. The van der Waals surface area contributed by atoms with Crippen molar-refractivity contribution in [2.75, 3.05) is 18.0 Å². The van der Waals surface area contributed by atoms with Gasteiger partial charge in [0.25, 0.3) is 0 Å². The molecule has 1 aromatic carbocycles. The highest BCUT2D eigenvalue weighted by Crippen LogP contribution is 2.34. The molecule has 2 atom stereocenters. The van der Waals surface area contributed by atoms with Crippen LogP contribution in [-0.2, 0) is 6.42 Å². The first-order valence-electron chi connectivity index (χ1n) is 8.48. The molecule has 0 amide bonds. The largest absolute Gasteiger partial charge is 0.351 e. The molecule has 2 aliphatic rings. The fourth-order valence-corrected chi connectivity index (χ4v) is 4.06. The van der Waals surface area contributed by atoms with Crippen LogP contribution in [0.25, 0.3) is 0 Å². The van der Waals surface area contributed by atoms with Crippen molar-refractivity contribution in [3.8, 4) is 0 Å². The second-order valence-corrected chi connectivity index (χ2v) is 6.94. The zero-order valence-corrected chi connectivity index (χ0v) is 14.1. The van der Waals surface area contributed by atoms with Crippen LogP contribution in [0.3, 0.4) is 0 Å². The van der Waals surface area contributed by atoms with Crippen LogP contribution < -0.4 is 10.2 Å². The molecule has 24 heavy (non-hydrogen) atoms. The van der Waals surface area contributed by atoms with E-state index in [1.165, 1.54) is 6.42 Å². The predicted molar refractivity (Wildman–Crippen MR) is 92.9 cm³/mol. The van der Waals surface area contributed by atoms with E-state index >= 15 is 0 Å². The Bertz CT molecular complexity index is 724. The number of rotatable bonds is 4. The van der Waals surface area contributed by atoms with E-state index in [9.17, 15) is 4.39 Å². The van der Waals surface area contributed by atoms with Crippen LogP contribution in [0.5, 0.6) is 0 Å². The van der Waals surface area contributed by atoms with Crippen molar-refractivity contribution in [3.63, 3.8) is 0 Å². The summed E-state index contributed by atoms with van der Waals surface area (Å²) in [5.74, 6) is 0.624. The molecular weight excluding hydrogens is 327 g/mol. The van der Waals surface area contributed by atoms with E-state index in [0.717, 1.165) is 49.3 Å². The first-order chi connectivity index (χ1) is 11.7. The van der Waals surface area contributed by atoms with E-state index in [0.29, 0.717) is 6.04 Å². The van der Waals surface area contributed by atoms with Gasteiger partial charge in [-0.3, -0.25) is 0 Å². The molecule has 2 unspecified atom stereocenters. The minimum atomic E-state index is -0.319. The van der Waals surface area contributed by atoms with Crippen molar-refractivity contribution < 1.29 is 4.39 Å². The Labute approximate surface area is 146 Å². The molecule has 126 valence electrons. The molecule has 6 heteroatoms. The van der Waals surface area contributed by atoms with Crippen molar-refractivity contribution in [2.24, 2.45) is 0 Å². The molecule has 1 aliphatic heterocycles. The Hall–Kier alpha value is -1.72. The molecule has 0 radical (unpaired) electrons. The lowest BCUT2D eigenvalue weighted by Crippen LogP contribution is -2.39. The lowest BCUT2D eigenvalue weighted by Gasteiger charge is -2.27. The van der Waals surface area contributed by atoms with Gasteiger partial charge in [-0.1, -0.05) is 11.6 Å². The van der Waals surface area contributed by atoms with E-state index in [1.807, 2.05) is 12.1 Å². The van der Waals surface area contributed by atoms with Gasteiger partial charge in [0.1, 0.15) is 5.82 Å². The lowest BCUT2D eigenvalue weighted by atomic mass is 10.1. The highest BCUT2D eigenvalue weighted by molar-refractivity contribution is 6.30. The lowest BCUT2D eigenvalue weighted by molar-refractivity contribution is 0.486. The minimum Gasteiger partial charge on any atom is -0.351 e. The molecule has 0 saturated carbocycles. The van der Waals surface area contributed by atoms with Crippen LogP contribution >= 0.6 is 11.6 Å². The van der Waals surface area contributed by atoms with Gasteiger partial charge in [-0.05, 0) is 61.1 Å². The molecule has 4 rings (SSSR count). The molecule has 1 fully saturated rings. The van der Waals surface area contributed by atoms with Crippen LogP contribution in [0.1, 0.15) is 36.4 Å². The summed E-state index contributed by atoms with van der Waals surface area (Å²) < 4.78 is 13.6. The molecule has 0 bridgehead atoms. The number of halogens is 2. The van der Waals surface area contributed by atoms with Gasteiger partial charge in [0.15, 0.2) is 5.82 Å². The molecule has 1 aromatic heterocycles. The van der Waals surface area contributed by atoms with E-state index in [2.05, 4.69) is 20.4 Å². The van der Waals surface area contributed by atoms with E-state index < -0.39 is 0 Å². The number of benzene rings is 1. The summed E-state index contributed by atoms with van der Waals surface area (Å²) in [6.07, 6.45) is 5.91. The zero-order valence-electron chi connectivity index (χ0n) is 13.4. The second kappa shape index (κ2) is 6.65. The van der Waals surface area contributed by atoms with Gasteiger partial charge in [0.05, 0.1) is 5.02 Å². The average molecular weight is 347 g/mol. The molecule has 1 saturated heterocycles. The standard InChI is InChI=1S/C18H20ClFN4/c19-15-10-14-12(9-16(15)20)5-6-17(14)21-11-13-3-2-8-24(13)18-4-1-7-22-23-18/h1,4,7,9-10,13,17,21H,2-3,5-6,8,11H2. The molecule has 1 aliphatic carbocycles. The highest BCUT2D eigenvalue weighted by atomic mass is 35.5. The summed E-state index contributed by atoms with van der Waals surface area (Å²) in [4.78, 5) is 2.33. The predicted octanol–water partition coefficient (Wildman–Crippen LogP) is 3.52. The fraction of sp³-hybridized carbons (Fsp3) is 0.444. The van der Waals surface area contributed by atoms with Gasteiger partial charge >= 0.3 is 0 Å². The summed E-state index contributed by atoms with van der Waals surface area (Å²) in [5, 5.41) is 12.1. The third-order valence-corrected chi connectivity index (χ3v) is 5.38. The first-order valence-corrected chi connectivity index (χ1v) is 8.86. The average Bonchev–Trinajstić information content (AvgIpc) is 3.21. The fourth-order valence-electron chi connectivity index (χ4n) is 3.89. The number of nitrogens with one attached hydrogen (secondary N) is 1.